The Bertz CT molecular complexity index is 388. The Labute approximate surface area is 119 Å². The van der Waals surface area contributed by atoms with Gasteiger partial charge in [-0.1, -0.05) is 12.2 Å². The van der Waals surface area contributed by atoms with Crippen molar-refractivity contribution in [1.29, 1.82) is 0 Å². The van der Waals surface area contributed by atoms with Gasteiger partial charge in [-0.15, -0.1) is 0 Å². The van der Waals surface area contributed by atoms with Crippen molar-refractivity contribution >= 4 is 23.0 Å². The van der Waals surface area contributed by atoms with Crippen molar-refractivity contribution in [2.75, 3.05) is 38.8 Å². The van der Waals surface area contributed by atoms with Crippen molar-refractivity contribution in [3.05, 3.63) is 23.9 Å². The fourth-order valence-electron chi connectivity index (χ4n) is 1.47. The molecule has 0 aromatic carbocycles. The molecule has 19 heavy (non-hydrogen) atoms. The Morgan fingerprint density at radius 1 is 1.37 bits per heavy atom. The molecular formula is C13H21N3O2S. The van der Waals surface area contributed by atoms with Crippen LogP contribution in [0.25, 0.3) is 0 Å². The molecule has 6 heteroatoms. The van der Waals surface area contributed by atoms with Crippen molar-refractivity contribution < 1.29 is 9.47 Å². The number of aromatic nitrogens is 1. The fourth-order valence-corrected chi connectivity index (χ4v) is 1.60. The lowest BCUT2D eigenvalue weighted by Gasteiger charge is -2.07. The molecule has 0 fully saturated rings. The SMILES string of the molecule is COCCOCCCCNc1cc(C(N)=S)ccn1. The zero-order valence-corrected chi connectivity index (χ0v) is 12.0. The predicted molar refractivity (Wildman–Crippen MR) is 80.5 cm³/mol. The first-order valence-electron chi connectivity index (χ1n) is 6.30. The minimum Gasteiger partial charge on any atom is -0.389 e. The highest BCUT2D eigenvalue weighted by Crippen LogP contribution is 2.06. The van der Waals surface area contributed by atoms with E-state index in [1.807, 2.05) is 6.07 Å². The van der Waals surface area contributed by atoms with Gasteiger partial charge in [-0.05, 0) is 25.0 Å². The Morgan fingerprint density at radius 2 is 2.21 bits per heavy atom. The number of thiocarbonyl (C=S) groups is 1. The summed E-state index contributed by atoms with van der Waals surface area (Å²) in [4.78, 5) is 4.59. The van der Waals surface area contributed by atoms with Crippen molar-refractivity contribution in [2.24, 2.45) is 5.73 Å². The molecule has 1 heterocycles. The molecule has 0 aliphatic carbocycles. The summed E-state index contributed by atoms with van der Waals surface area (Å²) in [7, 11) is 1.67. The second-order valence-corrected chi connectivity index (χ2v) is 4.47. The Kier molecular flexibility index (Phi) is 8.04. The van der Waals surface area contributed by atoms with Crippen LogP contribution < -0.4 is 11.1 Å². The summed E-state index contributed by atoms with van der Waals surface area (Å²) in [5, 5.41) is 3.24. The normalized spacial score (nSPS) is 10.4. The van der Waals surface area contributed by atoms with E-state index in [1.165, 1.54) is 0 Å². The number of hydrogen-bond donors (Lipinski definition) is 2. The monoisotopic (exact) mass is 283 g/mol. The maximum absolute atomic E-state index is 5.57. The lowest BCUT2D eigenvalue weighted by atomic mass is 10.2. The second-order valence-electron chi connectivity index (χ2n) is 4.03. The smallest absolute Gasteiger partial charge is 0.126 e. The van der Waals surface area contributed by atoms with Crippen LogP contribution in [0.4, 0.5) is 5.82 Å². The summed E-state index contributed by atoms with van der Waals surface area (Å²) in [5.74, 6) is 0.797. The molecular weight excluding hydrogens is 262 g/mol. The number of rotatable bonds is 10. The molecule has 0 spiro atoms. The number of pyridine rings is 1. The van der Waals surface area contributed by atoms with Crippen LogP contribution in [0.15, 0.2) is 18.3 Å². The number of unbranched alkanes of at least 4 members (excludes halogenated alkanes) is 1. The molecule has 106 valence electrons. The third-order valence-corrected chi connectivity index (χ3v) is 2.73. The molecule has 0 bridgehead atoms. The standard InChI is InChI=1S/C13H21N3O2S/c1-17-8-9-18-7-3-2-5-15-12-10-11(13(14)19)4-6-16-12/h4,6,10H,2-3,5,7-9H2,1H3,(H2,14,19)(H,15,16). The van der Waals surface area contributed by atoms with Gasteiger partial charge in [0.1, 0.15) is 10.8 Å². The van der Waals surface area contributed by atoms with Crippen LogP contribution in [0.5, 0.6) is 0 Å². The quantitative estimate of drug-likeness (QED) is 0.502. The molecule has 0 unspecified atom stereocenters. The molecule has 3 N–H and O–H groups in total. The van der Waals surface area contributed by atoms with Gasteiger partial charge in [-0.2, -0.15) is 0 Å². The van der Waals surface area contributed by atoms with Crippen molar-refractivity contribution in [1.82, 2.24) is 4.98 Å². The van der Waals surface area contributed by atoms with E-state index in [1.54, 1.807) is 19.4 Å². The second kappa shape index (κ2) is 9.66. The van der Waals surface area contributed by atoms with Crippen LogP contribution >= 0.6 is 12.2 Å². The Hall–Kier alpha value is -1.24. The molecule has 0 radical (unpaired) electrons. The van der Waals surface area contributed by atoms with Gasteiger partial charge in [-0.25, -0.2) is 4.98 Å². The van der Waals surface area contributed by atoms with Crippen molar-refractivity contribution in [3.8, 4) is 0 Å². The van der Waals surface area contributed by atoms with Gasteiger partial charge in [0.15, 0.2) is 0 Å². The van der Waals surface area contributed by atoms with Crippen LogP contribution in [0.1, 0.15) is 18.4 Å². The van der Waals surface area contributed by atoms with Crippen LogP contribution in [0.2, 0.25) is 0 Å². The zero-order valence-electron chi connectivity index (χ0n) is 11.2. The number of hydrogen-bond acceptors (Lipinski definition) is 5. The van der Waals surface area contributed by atoms with E-state index < -0.39 is 0 Å². The molecule has 1 aromatic heterocycles. The first-order valence-corrected chi connectivity index (χ1v) is 6.71. The largest absolute Gasteiger partial charge is 0.389 e. The van der Waals surface area contributed by atoms with Crippen molar-refractivity contribution in [2.45, 2.75) is 12.8 Å². The number of nitrogens with zero attached hydrogens (tertiary/aromatic N) is 1. The van der Waals surface area contributed by atoms with E-state index in [2.05, 4.69) is 10.3 Å². The highest BCUT2D eigenvalue weighted by molar-refractivity contribution is 7.80. The molecule has 5 nitrogen and oxygen atoms in total. The number of nitrogens with two attached hydrogens (primary N) is 1. The summed E-state index contributed by atoms with van der Waals surface area (Å²) in [6, 6.07) is 3.66. The first-order chi connectivity index (χ1) is 9.24. The molecule has 0 aliphatic heterocycles. The van der Waals surface area contributed by atoms with E-state index in [0.717, 1.165) is 37.4 Å². The molecule has 0 amide bonds. The molecule has 1 aromatic rings. The van der Waals surface area contributed by atoms with Crippen LogP contribution in [-0.2, 0) is 9.47 Å². The highest BCUT2D eigenvalue weighted by Gasteiger charge is 1.99. The summed E-state index contributed by atoms with van der Waals surface area (Å²) in [6.45, 7) is 2.91. The average molecular weight is 283 g/mol. The van der Waals surface area contributed by atoms with E-state index >= 15 is 0 Å². The van der Waals surface area contributed by atoms with E-state index in [0.29, 0.717) is 18.2 Å². The number of ether oxygens (including phenoxy) is 2. The lowest BCUT2D eigenvalue weighted by Crippen LogP contribution is -2.11. The van der Waals surface area contributed by atoms with Gasteiger partial charge < -0.3 is 20.5 Å². The zero-order chi connectivity index (χ0) is 13.9. The number of methoxy groups -OCH3 is 1. The van der Waals surface area contributed by atoms with Gasteiger partial charge in [-0.3, -0.25) is 0 Å². The summed E-state index contributed by atoms with van der Waals surface area (Å²) in [5.41, 5.74) is 6.40. The van der Waals surface area contributed by atoms with Gasteiger partial charge in [0.25, 0.3) is 0 Å². The summed E-state index contributed by atoms with van der Waals surface area (Å²) in [6.07, 6.45) is 3.72. The van der Waals surface area contributed by atoms with Crippen molar-refractivity contribution in [3.63, 3.8) is 0 Å². The lowest BCUT2D eigenvalue weighted by molar-refractivity contribution is 0.0691. The third kappa shape index (κ3) is 7.05. The first kappa shape index (κ1) is 15.8. The Morgan fingerprint density at radius 3 is 2.95 bits per heavy atom. The fraction of sp³-hybridized carbons (Fsp3) is 0.538. The number of nitrogens with one attached hydrogen (secondary N) is 1. The minimum absolute atomic E-state index is 0.386. The van der Waals surface area contributed by atoms with Gasteiger partial charge >= 0.3 is 0 Å². The topological polar surface area (TPSA) is 69.4 Å². The highest BCUT2D eigenvalue weighted by atomic mass is 32.1. The molecule has 0 saturated carbocycles. The van der Waals surface area contributed by atoms with Crippen LogP contribution in [-0.4, -0.2) is 43.4 Å². The maximum Gasteiger partial charge on any atom is 0.126 e. The van der Waals surface area contributed by atoms with E-state index in [9.17, 15) is 0 Å². The average Bonchev–Trinajstić information content (AvgIpc) is 2.42. The van der Waals surface area contributed by atoms with Gasteiger partial charge in [0.2, 0.25) is 0 Å². The maximum atomic E-state index is 5.57. The molecule has 0 atom stereocenters. The third-order valence-electron chi connectivity index (χ3n) is 2.50. The molecule has 1 rings (SSSR count). The van der Waals surface area contributed by atoms with E-state index in [4.69, 9.17) is 27.4 Å². The number of anilines is 1. The van der Waals surface area contributed by atoms with E-state index in [-0.39, 0.29) is 0 Å². The molecule has 0 saturated heterocycles. The summed E-state index contributed by atoms with van der Waals surface area (Å²) < 4.78 is 10.3. The molecule has 0 aliphatic rings. The minimum atomic E-state index is 0.386. The van der Waals surface area contributed by atoms with Crippen LogP contribution in [0.3, 0.4) is 0 Å². The van der Waals surface area contributed by atoms with Gasteiger partial charge in [0, 0.05) is 32.0 Å². The van der Waals surface area contributed by atoms with Crippen LogP contribution in [0, 0.1) is 0 Å². The predicted octanol–water partition coefficient (Wildman–Crippen LogP) is 1.57. The Balaban J connectivity index is 2.12. The van der Waals surface area contributed by atoms with Gasteiger partial charge in [0.05, 0.1) is 13.2 Å². The summed E-state index contributed by atoms with van der Waals surface area (Å²) >= 11 is 4.92.